The van der Waals surface area contributed by atoms with E-state index in [1.54, 1.807) is 0 Å². The molecule has 0 bridgehead atoms. The molecule has 0 aromatic rings. The van der Waals surface area contributed by atoms with Gasteiger partial charge in [0.1, 0.15) is 0 Å². The zero-order valence-electron chi connectivity index (χ0n) is 7.45. The van der Waals surface area contributed by atoms with Gasteiger partial charge in [-0.1, -0.05) is 0 Å². The minimum Gasteiger partial charge on any atom is -0.444 e. The molecule has 74 valence electrons. The van der Waals surface area contributed by atoms with Crippen LogP contribution in [-0.4, -0.2) is 36.7 Å². The lowest BCUT2D eigenvalue weighted by atomic mass is 10.3. The lowest BCUT2D eigenvalue weighted by Gasteiger charge is -2.22. The molecule has 0 spiro atoms. The Kier molecular flexibility index (Phi) is 4.01. The van der Waals surface area contributed by atoms with Crippen LogP contribution in [0.5, 0.6) is 0 Å². The molecule has 0 aromatic carbocycles. The van der Waals surface area contributed by atoms with Crippen LogP contribution < -0.4 is 10.6 Å². The molecule has 0 aliphatic carbocycles. The van der Waals surface area contributed by atoms with E-state index in [-0.39, 0.29) is 0 Å². The standard InChI is InChI=1S/C7H13N3.HNO2/c1-3-8-7-9-4-2-6-10(7)5-1;2-1-3/h1-6H2,(H,8,9);(H,2,3). The summed E-state index contributed by atoms with van der Waals surface area (Å²) in [5.41, 5.74) is 0. The lowest BCUT2D eigenvalue weighted by Crippen LogP contribution is -2.52. The Bertz CT molecular complexity index is 171. The van der Waals surface area contributed by atoms with E-state index in [0.717, 1.165) is 18.4 Å². The number of hydrogen-bond acceptors (Lipinski definition) is 5. The first kappa shape index (κ1) is 9.76. The van der Waals surface area contributed by atoms with E-state index in [1.165, 1.54) is 31.9 Å². The molecule has 6 heteroatoms. The van der Waals surface area contributed by atoms with Gasteiger partial charge in [0.2, 0.25) is 0 Å². The van der Waals surface area contributed by atoms with Crippen LogP contribution in [0.1, 0.15) is 12.8 Å². The zero-order chi connectivity index (χ0) is 9.52. The highest BCUT2D eigenvalue weighted by Crippen LogP contribution is 1.95. The zero-order valence-corrected chi connectivity index (χ0v) is 7.45. The van der Waals surface area contributed by atoms with Gasteiger partial charge in [-0.2, -0.15) is 0 Å². The lowest BCUT2D eigenvalue weighted by molar-refractivity contribution is -0.539. The first-order valence-electron chi connectivity index (χ1n) is 4.43. The van der Waals surface area contributed by atoms with Crippen LogP contribution in [0, 0.1) is 10.1 Å². The predicted octanol–water partition coefficient (Wildman–Crippen LogP) is -0.408. The van der Waals surface area contributed by atoms with Crippen molar-refractivity contribution in [1.29, 1.82) is 0 Å². The second-order valence-electron chi connectivity index (χ2n) is 2.97. The van der Waals surface area contributed by atoms with Gasteiger partial charge in [0, 0.05) is 12.8 Å². The van der Waals surface area contributed by atoms with Gasteiger partial charge < -0.3 is 10.1 Å². The maximum absolute atomic E-state index is 8.00. The molecule has 0 unspecified atom stereocenters. The topological polar surface area (TPSA) is 79.6 Å². The van der Waals surface area contributed by atoms with Crippen molar-refractivity contribution < 1.29 is 4.58 Å². The molecule has 2 N–H and O–H groups in total. The van der Waals surface area contributed by atoms with Crippen LogP contribution in [0.15, 0.2) is 5.34 Å². The molecule has 13 heavy (non-hydrogen) atoms. The molecule has 0 radical (unpaired) electrons. The quantitative estimate of drug-likeness (QED) is 0.306. The third-order valence-corrected chi connectivity index (χ3v) is 2.11. The summed E-state index contributed by atoms with van der Waals surface area (Å²) in [6, 6.07) is 0. The summed E-state index contributed by atoms with van der Waals surface area (Å²) < 4.78 is 2.40. The summed E-state index contributed by atoms with van der Waals surface area (Å²) >= 11 is 0. The summed E-state index contributed by atoms with van der Waals surface area (Å²) in [6.45, 7) is 4.74. The predicted molar refractivity (Wildman–Crippen MR) is 49.4 cm³/mol. The van der Waals surface area contributed by atoms with Gasteiger partial charge in [-0.25, -0.2) is 0 Å². The van der Waals surface area contributed by atoms with E-state index in [9.17, 15) is 0 Å². The highest BCUT2D eigenvalue weighted by molar-refractivity contribution is 5.75. The molecule has 0 amide bonds. The Labute approximate surface area is 76.6 Å². The molecule has 0 saturated carbocycles. The van der Waals surface area contributed by atoms with Gasteiger partial charge in [-0.05, 0) is 0 Å². The Morgan fingerprint density at radius 3 is 2.08 bits per heavy atom. The fourth-order valence-electron chi connectivity index (χ4n) is 1.57. The van der Waals surface area contributed by atoms with Crippen molar-refractivity contribution in [3.05, 3.63) is 10.1 Å². The van der Waals surface area contributed by atoms with E-state index in [4.69, 9.17) is 10.1 Å². The molecule has 0 aromatic heterocycles. The molecular formula is C7H14N4O2. The second kappa shape index (κ2) is 5.34. The Morgan fingerprint density at radius 2 is 1.69 bits per heavy atom. The van der Waals surface area contributed by atoms with Crippen molar-refractivity contribution in [3.8, 4) is 0 Å². The van der Waals surface area contributed by atoms with Crippen molar-refractivity contribution in [3.63, 3.8) is 0 Å². The Hall–Kier alpha value is -1.33. The van der Waals surface area contributed by atoms with Gasteiger partial charge >= 0.3 is 5.96 Å². The normalized spacial score (nSPS) is 20.0. The number of rotatable bonds is 0. The number of hydrogen-bond donors (Lipinski definition) is 2. The summed E-state index contributed by atoms with van der Waals surface area (Å²) in [5, 5.41) is 15.7. The van der Waals surface area contributed by atoms with E-state index in [0.29, 0.717) is 0 Å². The fourth-order valence-corrected chi connectivity index (χ4v) is 1.57. The largest absolute Gasteiger partial charge is 0.444 e. The molecule has 2 rings (SSSR count). The van der Waals surface area contributed by atoms with Crippen LogP contribution in [0.4, 0.5) is 0 Å². The van der Waals surface area contributed by atoms with Crippen LogP contribution in [0.25, 0.3) is 0 Å². The maximum Gasteiger partial charge on any atom is 0.345 e. The molecule has 2 aliphatic heterocycles. The van der Waals surface area contributed by atoms with Gasteiger partial charge in [0.25, 0.3) is 0 Å². The van der Waals surface area contributed by atoms with Crippen molar-refractivity contribution >= 4 is 5.96 Å². The first-order chi connectivity index (χ1) is 6.38. The third-order valence-electron chi connectivity index (χ3n) is 2.11. The smallest absolute Gasteiger partial charge is 0.345 e. The number of nitrogens with one attached hydrogen (secondary N) is 2. The SMILES string of the molecule is C1CNC2=[N+](C1)CCCN2.O=N[O-]. The van der Waals surface area contributed by atoms with Crippen molar-refractivity contribution in [2.24, 2.45) is 5.34 Å². The summed E-state index contributed by atoms with van der Waals surface area (Å²) in [7, 11) is 0. The first-order valence-corrected chi connectivity index (χ1v) is 4.43. The molecule has 0 fully saturated rings. The van der Waals surface area contributed by atoms with Gasteiger partial charge in [-0.3, -0.25) is 15.2 Å². The number of nitrogens with zero attached hydrogens (tertiary/aromatic N) is 2. The molecule has 2 heterocycles. The minimum atomic E-state index is 1.00. The Morgan fingerprint density at radius 1 is 1.23 bits per heavy atom. The van der Waals surface area contributed by atoms with Gasteiger partial charge in [0.15, 0.2) is 0 Å². The highest BCUT2D eigenvalue weighted by Gasteiger charge is 2.19. The fraction of sp³-hybridized carbons (Fsp3) is 0.857. The monoisotopic (exact) mass is 186 g/mol. The third kappa shape index (κ3) is 2.89. The second-order valence-corrected chi connectivity index (χ2v) is 2.97. The van der Waals surface area contributed by atoms with Crippen LogP contribution >= 0.6 is 0 Å². The van der Waals surface area contributed by atoms with Crippen LogP contribution in [0.2, 0.25) is 0 Å². The van der Waals surface area contributed by atoms with E-state index in [2.05, 4.69) is 15.2 Å². The molecule has 2 aliphatic rings. The molecule has 0 atom stereocenters. The van der Waals surface area contributed by atoms with Crippen LogP contribution in [-0.2, 0) is 0 Å². The average molecular weight is 186 g/mol. The average Bonchev–Trinajstić information content (AvgIpc) is 2.19. The summed E-state index contributed by atoms with van der Waals surface area (Å²) in [4.78, 5) is 8.00. The number of guanidine groups is 1. The molecule has 0 saturated heterocycles. The summed E-state index contributed by atoms with van der Waals surface area (Å²) in [6.07, 6.45) is 2.57. The minimum absolute atomic E-state index is 1.00. The van der Waals surface area contributed by atoms with Crippen molar-refractivity contribution in [2.75, 3.05) is 26.2 Å². The van der Waals surface area contributed by atoms with E-state index in [1.807, 2.05) is 0 Å². The van der Waals surface area contributed by atoms with E-state index < -0.39 is 0 Å². The van der Waals surface area contributed by atoms with Gasteiger partial charge in [-0.15, -0.1) is 5.34 Å². The van der Waals surface area contributed by atoms with Crippen LogP contribution in [0.3, 0.4) is 0 Å². The highest BCUT2D eigenvalue weighted by atomic mass is 16.6. The van der Waals surface area contributed by atoms with E-state index >= 15 is 0 Å². The maximum atomic E-state index is 8.00. The molecule has 6 nitrogen and oxygen atoms in total. The molecular weight excluding hydrogens is 172 g/mol. The van der Waals surface area contributed by atoms with Gasteiger partial charge in [0.05, 0.1) is 26.2 Å². The van der Waals surface area contributed by atoms with Crippen molar-refractivity contribution in [2.45, 2.75) is 12.8 Å². The Balaban J connectivity index is 0.000000251. The van der Waals surface area contributed by atoms with Crippen molar-refractivity contribution in [1.82, 2.24) is 10.6 Å². The summed E-state index contributed by atoms with van der Waals surface area (Å²) in [5.74, 6) is 1.26.